The number of nitrogens with zero attached hydrogens (tertiary/aromatic N) is 1. The van der Waals surface area contributed by atoms with Crippen LogP contribution < -0.4 is 4.74 Å². The van der Waals surface area contributed by atoms with E-state index < -0.39 is 24.3 Å². The van der Waals surface area contributed by atoms with E-state index in [0.29, 0.717) is 13.1 Å². The fourth-order valence-electron chi connectivity index (χ4n) is 2.06. The summed E-state index contributed by atoms with van der Waals surface area (Å²) in [6, 6.07) is 8.58. The van der Waals surface area contributed by atoms with Gasteiger partial charge < -0.3 is 9.64 Å². The van der Waals surface area contributed by atoms with Gasteiger partial charge in [-0.05, 0) is 23.6 Å². The Balaban J connectivity index is 2.04. The van der Waals surface area contributed by atoms with Crippen LogP contribution in [0.15, 0.2) is 54.4 Å². The molecule has 0 spiro atoms. The Morgan fingerprint density at radius 1 is 1.25 bits per heavy atom. The maximum atomic E-state index is 12.9. The van der Waals surface area contributed by atoms with Gasteiger partial charge in [-0.1, -0.05) is 24.3 Å². The normalized spacial score (nSPS) is 11.1. The predicted molar refractivity (Wildman–Crippen MR) is 86.9 cm³/mol. The summed E-state index contributed by atoms with van der Waals surface area (Å²) >= 11 is 1.50. The fourth-order valence-corrected chi connectivity index (χ4v) is 2.78. The molecule has 0 aliphatic carbocycles. The van der Waals surface area contributed by atoms with E-state index in [0.717, 1.165) is 10.9 Å². The summed E-state index contributed by atoms with van der Waals surface area (Å²) < 4.78 is 43.9. The number of carbonyl (C=O) groups excluding carboxylic acids is 1. The van der Waals surface area contributed by atoms with Gasteiger partial charge in [0, 0.05) is 11.4 Å². The van der Waals surface area contributed by atoms with Crippen molar-refractivity contribution in [3.63, 3.8) is 0 Å². The topological polar surface area (TPSA) is 29.5 Å². The number of rotatable bonds is 7. The molecule has 0 bridgehead atoms. The monoisotopic (exact) mass is 355 g/mol. The summed E-state index contributed by atoms with van der Waals surface area (Å²) in [6.45, 7) is 3.79. The molecular weight excluding hydrogens is 339 g/mol. The fraction of sp³-hybridized carbons (Fsp3) is 0.235. The molecule has 0 N–H and O–H groups in total. The highest BCUT2D eigenvalue weighted by Gasteiger charge is 2.34. The van der Waals surface area contributed by atoms with Crippen LogP contribution in [0.1, 0.15) is 10.4 Å². The molecule has 0 aliphatic rings. The molecule has 0 atom stereocenters. The number of carbonyl (C=O) groups is 1. The van der Waals surface area contributed by atoms with Crippen LogP contribution in [0.5, 0.6) is 5.75 Å². The van der Waals surface area contributed by atoms with Gasteiger partial charge in [0.15, 0.2) is 6.61 Å². The molecule has 1 amide bonds. The van der Waals surface area contributed by atoms with Crippen LogP contribution in [0.25, 0.3) is 0 Å². The highest BCUT2D eigenvalue weighted by atomic mass is 32.1. The van der Waals surface area contributed by atoms with Crippen LogP contribution in [0.4, 0.5) is 13.2 Å². The van der Waals surface area contributed by atoms with Crippen LogP contribution in [-0.2, 0) is 17.5 Å². The van der Waals surface area contributed by atoms with E-state index in [9.17, 15) is 18.0 Å². The van der Waals surface area contributed by atoms with Crippen molar-refractivity contribution < 1.29 is 22.7 Å². The minimum atomic E-state index is -4.53. The Morgan fingerprint density at radius 3 is 2.62 bits per heavy atom. The zero-order valence-corrected chi connectivity index (χ0v) is 13.6. The number of thiophene rings is 1. The third-order valence-corrected chi connectivity index (χ3v) is 4.03. The number of benzene rings is 1. The first-order valence-corrected chi connectivity index (χ1v) is 8.00. The molecule has 2 rings (SSSR count). The van der Waals surface area contributed by atoms with Gasteiger partial charge in [0.25, 0.3) is 5.91 Å². The standard InChI is InChI=1S/C17H16F3NO2S/c1-2-9-21(11-13-6-5-10-24-13)16(22)12-23-15-8-4-3-7-14(15)17(18,19)20/h2-8,10H,1,9,11-12H2. The molecule has 0 fully saturated rings. The molecule has 0 unspecified atom stereocenters. The maximum Gasteiger partial charge on any atom is 0.419 e. The molecule has 0 saturated carbocycles. The van der Waals surface area contributed by atoms with Crippen molar-refractivity contribution in [2.75, 3.05) is 13.2 Å². The van der Waals surface area contributed by atoms with Crippen molar-refractivity contribution in [3.8, 4) is 5.75 Å². The molecule has 0 saturated heterocycles. The molecule has 1 aromatic carbocycles. The first kappa shape index (κ1) is 18.1. The summed E-state index contributed by atoms with van der Waals surface area (Å²) in [7, 11) is 0. The molecule has 3 nitrogen and oxygen atoms in total. The highest BCUT2D eigenvalue weighted by Crippen LogP contribution is 2.35. The summed E-state index contributed by atoms with van der Waals surface area (Å²) in [6.07, 6.45) is -2.97. The van der Waals surface area contributed by atoms with Crippen molar-refractivity contribution in [3.05, 3.63) is 64.9 Å². The third kappa shape index (κ3) is 4.86. The number of ether oxygens (including phenoxy) is 1. The second-order valence-electron chi connectivity index (χ2n) is 4.92. The van der Waals surface area contributed by atoms with E-state index in [1.807, 2.05) is 17.5 Å². The van der Waals surface area contributed by atoms with E-state index in [4.69, 9.17) is 4.74 Å². The summed E-state index contributed by atoms with van der Waals surface area (Å²) in [5, 5.41) is 1.89. The lowest BCUT2D eigenvalue weighted by Crippen LogP contribution is -2.34. The number of para-hydroxylation sites is 1. The molecule has 0 aliphatic heterocycles. The zero-order valence-electron chi connectivity index (χ0n) is 12.8. The van der Waals surface area contributed by atoms with E-state index >= 15 is 0 Å². The second-order valence-corrected chi connectivity index (χ2v) is 5.96. The molecular formula is C17H16F3NO2S. The lowest BCUT2D eigenvalue weighted by atomic mass is 10.2. The molecule has 1 aromatic heterocycles. The number of alkyl halides is 3. The summed E-state index contributed by atoms with van der Waals surface area (Å²) in [5.41, 5.74) is -0.897. The number of halogens is 3. The predicted octanol–water partition coefficient (Wildman–Crippen LogP) is 4.36. The van der Waals surface area contributed by atoms with Crippen molar-refractivity contribution >= 4 is 17.2 Å². The SMILES string of the molecule is C=CCN(Cc1cccs1)C(=O)COc1ccccc1C(F)(F)F. The number of amides is 1. The third-order valence-electron chi connectivity index (χ3n) is 3.17. The largest absolute Gasteiger partial charge is 0.483 e. The Morgan fingerprint density at radius 2 is 2.00 bits per heavy atom. The van der Waals surface area contributed by atoms with Gasteiger partial charge in [-0.15, -0.1) is 17.9 Å². The Bertz CT molecular complexity index is 683. The lowest BCUT2D eigenvalue weighted by Gasteiger charge is -2.21. The second kappa shape index (κ2) is 8.01. The Labute approximate surface area is 142 Å². The van der Waals surface area contributed by atoms with Crippen LogP contribution in [0.3, 0.4) is 0 Å². The van der Waals surface area contributed by atoms with Gasteiger partial charge in [0.05, 0.1) is 12.1 Å². The highest BCUT2D eigenvalue weighted by molar-refractivity contribution is 7.09. The van der Waals surface area contributed by atoms with Crippen LogP contribution in [0, 0.1) is 0 Å². The molecule has 24 heavy (non-hydrogen) atoms. The molecule has 1 heterocycles. The van der Waals surface area contributed by atoms with Gasteiger partial charge in [-0.3, -0.25) is 4.79 Å². The zero-order chi connectivity index (χ0) is 17.6. The van der Waals surface area contributed by atoms with Crippen molar-refractivity contribution in [1.29, 1.82) is 0 Å². The molecule has 128 valence electrons. The van der Waals surface area contributed by atoms with E-state index in [2.05, 4.69) is 6.58 Å². The summed E-state index contributed by atoms with van der Waals surface area (Å²) in [4.78, 5) is 14.7. The first-order valence-electron chi connectivity index (χ1n) is 7.12. The van der Waals surface area contributed by atoms with Gasteiger partial charge in [0.1, 0.15) is 5.75 Å². The van der Waals surface area contributed by atoms with E-state index in [1.54, 1.807) is 6.08 Å². The van der Waals surface area contributed by atoms with Crippen molar-refractivity contribution in [2.24, 2.45) is 0 Å². The minimum Gasteiger partial charge on any atom is -0.483 e. The van der Waals surface area contributed by atoms with E-state index in [1.165, 1.54) is 34.4 Å². The minimum absolute atomic E-state index is 0.293. The van der Waals surface area contributed by atoms with Gasteiger partial charge >= 0.3 is 6.18 Å². The van der Waals surface area contributed by atoms with Crippen LogP contribution >= 0.6 is 11.3 Å². The summed E-state index contributed by atoms with van der Waals surface area (Å²) in [5.74, 6) is -0.756. The molecule has 0 radical (unpaired) electrons. The van der Waals surface area contributed by atoms with Crippen molar-refractivity contribution in [1.82, 2.24) is 4.90 Å². The Kier molecular flexibility index (Phi) is 6.03. The lowest BCUT2D eigenvalue weighted by molar-refractivity contribution is -0.141. The van der Waals surface area contributed by atoms with Gasteiger partial charge in [0.2, 0.25) is 0 Å². The van der Waals surface area contributed by atoms with Gasteiger partial charge in [-0.25, -0.2) is 0 Å². The maximum absolute atomic E-state index is 12.9. The number of hydrogen-bond acceptors (Lipinski definition) is 3. The smallest absolute Gasteiger partial charge is 0.419 e. The quantitative estimate of drug-likeness (QED) is 0.691. The van der Waals surface area contributed by atoms with Gasteiger partial charge in [-0.2, -0.15) is 13.2 Å². The molecule has 2 aromatic rings. The average Bonchev–Trinajstić information content (AvgIpc) is 3.04. The number of hydrogen-bond donors (Lipinski definition) is 0. The van der Waals surface area contributed by atoms with Crippen LogP contribution in [-0.4, -0.2) is 24.0 Å². The van der Waals surface area contributed by atoms with E-state index in [-0.39, 0.29) is 5.75 Å². The van der Waals surface area contributed by atoms with Crippen LogP contribution in [0.2, 0.25) is 0 Å². The molecule has 7 heteroatoms. The Hall–Kier alpha value is -2.28. The van der Waals surface area contributed by atoms with Crippen molar-refractivity contribution in [2.45, 2.75) is 12.7 Å². The average molecular weight is 355 g/mol. The first-order chi connectivity index (χ1) is 11.4.